The highest BCUT2D eigenvalue weighted by Gasteiger charge is 2.17. The molecule has 7 nitrogen and oxygen atoms in total. The monoisotopic (exact) mass is 431 g/mol. The molecule has 0 radical (unpaired) electrons. The number of anilines is 1. The Morgan fingerprint density at radius 2 is 1.66 bits per heavy atom. The lowest BCUT2D eigenvalue weighted by atomic mass is 10.1. The summed E-state index contributed by atoms with van der Waals surface area (Å²) in [5.41, 5.74) is 3.40. The summed E-state index contributed by atoms with van der Waals surface area (Å²) in [5.74, 6) is -0.327. The van der Waals surface area contributed by atoms with Crippen molar-refractivity contribution in [2.24, 2.45) is 9.98 Å². The van der Waals surface area contributed by atoms with Crippen molar-refractivity contribution < 1.29 is 9.59 Å². The number of rotatable bonds is 6. The molecule has 0 bridgehead atoms. The van der Waals surface area contributed by atoms with Crippen molar-refractivity contribution in [2.75, 3.05) is 31.5 Å². The number of amides is 2. The van der Waals surface area contributed by atoms with Gasteiger partial charge in [0, 0.05) is 36.6 Å². The van der Waals surface area contributed by atoms with Crippen LogP contribution in [0.4, 0.5) is 5.69 Å². The maximum atomic E-state index is 12.8. The molecule has 166 valence electrons. The first-order valence-corrected chi connectivity index (χ1v) is 10.7. The van der Waals surface area contributed by atoms with Crippen molar-refractivity contribution in [1.82, 2.24) is 10.2 Å². The standard InChI is InChI=1S/C25H29N5O2/c1-18(28-23(19(2)26-3)24(31)29-22-8-5-4-6-9-22)20-10-12-21(13-11-20)25(32)30-16-7-14-27-15-17-30/h4-6,8-13,27H,3,7,14-17H2,1-2H3,(H,29,31)/b23-19-,28-18+. The third-order valence-corrected chi connectivity index (χ3v) is 5.28. The maximum Gasteiger partial charge on any atom is 0.276 e. The first-order chi connectivity index (χ1) is 15.5. The van der Waals surface area contributed by atoms with Gasteiger partial charge in [0.2, 0.25) is 0 Å². The second kappa shape index (κ2) is 11.2. The first kappa shape index (κ1) is 23.1. The van der Waals surface area contributed by atoms with Crippen LogP contribution in [-0.2, 0) is 4.79 Å². The number of aliphatic imine (C=N–C) groups is 2. The molecule has 1 saturated heterocycles. The molecule has 32 heavy (non-hydrogen) atoms. The van der Waals surface area contributed by atoms with Gasteiger partial charge >= 0.3 is 0 Å². The highest BCUT2D eigenvalue weighted by atomic mass is 16.2. The topological polar surface area (TPSA) is 86.2 Å². The van der Waals surface area contributed by atoms with E-state index in [1.54, 1.807) is 31.2 Å². The molecule has 0 aliphatic carbocycles. The van der Waals surface area contributed by atoms with Crippen LogP contribution in [0.25, 0.3) is 0 Å². The van der Waals surface area contributed by atoms with E-state index in [0.29, 0.717) is 29.2 Å². The molecule has 0 saturated carbocycles. The number of para-hydroxylation sites is 1. The highest BCUT2D eigenvalue weighted by molar-refractivity contribution is 6.08. The fraction of sp³-hybridized carbons (Fsp3) is 0.280. The zero-order valence-corrected chi connectivity index (χ0v) is 18.6. The Balaban J connectivity index is 1.78. The summed E-state index contributed by atoms with van der Waals surface area (Å²) in [7, 11) is 0. The molecular weight excluding hydrogens is 402 g/mol. The van der Waals surface area contributed by atoms with Gasteiger partial charge in [0.05, 0.1) is 5.70 Å². The van der Waals surface area contributed by atoms with E-state index in [1.807, 2.05) is 42.2 Å². The molecule has 1 fully saturated rings. The van der Waals surface area contributed by atoms with Crippen molar-refractivity contribution in [3.8, 4) is 0 Å². The summed E-state index contributed by atoms with van der Waals surface area (Å²) in [4.78, 5) is 35.9. The molecule has 2 aromatic rings. The third kappa shape index (κ3) is 5.98. The fourth-order valence-corrected chi connectivity index (χ4v) is 3.40. The van der Waals surface area contributed by atoms with Crippen molar-refractivity contribution in [3.63, 3.8) is 0 Å². The molecule has 0 unspecified atom stereocenters. The Morgan fingerprint density at radius 3 is 2.34 bits per heavy atom. The van der Waals surface area contributed by atoms with E-state index in [4.69, 9.17) is 0 Å². The van der Waals surface area contributed by atoms with Gasteiger partial charge in [-0.05, 0) is 63.4 Å². The predicted octanol–water partition coefficient (Wildman–Crippen LogP) is 3.50. The van der Waals surface area contributed by atoms with Crippen molar-refractivity contribution in [2.45, 2.75) is 20.3 Å². The van der Waals surface area contributed by atoms with E-state index in [0.717, 1.165) is 31.6 Å². The molecule has 0 aromatic heterocycles. The Bertz CT molecular complexity index is 1020. The van der Waals surface area contributed by atoms with Crippen molar-refractivity contribution >= 4 is 29.9 Å². The number of allylic oxidation sites excluding steroid dienone is 1. The molecule has 0 spiro atoms. The Labute approximate surface area is 189 Å². The third-order valence-electron chi connectivity index (χ3n) is 5.28. The van der Waals surface area contributed by atoms with Crippen molar-refractivity contribution in [3.05, 3.63) is 77.1 Å². The largest absolute Gasteiger partial charge is 0.337 e. The molecule has 1 aliphatic rings. The van der Waals surface area contributed by atoms with Gasteiger partial charge in [-0.15, -0.1) is 0 Å². The lowest BCUT2D eigenvalue weighted by Gasteiger charge is -2.20. The highest BCUT2D eigenvalue weighted by Crippen LogP contribution is 2.16. The summed E-state index contributed by atoms with van der Waals surface area (Å²) >= 11 is 0. The summed E-state index contributed by atoms with van der Waals surface area (Å²) in [5, 5.41) is 6.14. The Kier molecular flexibility index (Phi) is 8.05. The van der Waals surface area contributed by atoms with Crippen LogP contribution in [0.1, 0.15) is 36.2 Å². The van der Waals surface area contributed by atoms with E-state index >= 15 is 0 Å². The van der Waals surface area contributed by atoms with Gasteiger partial charge in [0.1, 0.15) is 5.70 Å². The molecular formula is C25H29N5O2. The van der Waals surface area contributed by atoms with Gasteiger partial charge < -0.3 is 15.5 Å². The fourth-order valence-electron chi connectivity index (χ4n) is 3.40. The average Bonchev–Trinajstić information content (AvgIpc) is 3.12. The van der Waals surface area contributed by atoms with Gasteiger partial charge in [-0.2, -0.15) is 0 Å². The van der Waals surface area contributed by atoms with Crippen LogP contribution < -0.4 is 10.6 Å². The molecule has 2 amide bonds. The maximum absolute atomic E-state index is 12.8. The summed E-state index contributed by atoms with van der Waals surface area (Å²) in [6.45, 7) is 10.3. The molecule has 1 aliphatic heterocycles. The molecule has 1 heterocycles. The summed E-state index contributed by atoms with van der Waals surface area (Å²) < 4.78 is 0. The lowest BCUT2D eigenvalue weighted by Crippen LogP contribution is -2.34. The normalized spacial score (nSPS) is 15.4. The molecule has 3 rings (SSSR count). The number of carbonyl (C=O) groups excluding carboxylic acids is 2. The summed E-state index contributed by atoms with van der Waals surface area (Å²) in [6.07, 6.45) is 0.951. The van der Waals surface area contributed by atoms with E-state index in [2.05, 4.69) is 27.3 Å². The Hall–Kier alpha value is -3.58. The van der Waals surface area contributed by atoms with Crippen LogP contribution in [-0.4, -0.2) is 55.3 Å². The smallest absolute Gasteiger partial charge is 0.276 e. The number of benzene rings is 2. The minimum absolute atomic E-state index is 0.0318. The van der Waals surface area contributed by atoms with Crippen LogP contribution >= 0.6 is 0 Å². The minimum atomic E-state index is -0.359. The Morgan fingerprint density at radius 1 is 0.969 bits per heavy atom. The van der Waals surface area contributed by atoms with E-state index in [9.17, 15) is 9.59 Å². The summed E-state index contributed by atoms with van der Waals surface area (Å²) in [6, 6.07) is 16.5. The second-order valence-electron chi connectivity index (χ2n) is 7.58. The first-order valence-electron chi connectivity index (χ1n) is 10.7. The zero-order valence-electron chi connectivity index (χ0n) is 18.6. The van der Waals surface area contributed by atoms with Gasteiger partial charge in [-0.3, -0.25) is 14.6 Å². The molecule has 7 heteroatoms. The molecule has 0 atom stereocenters. The van der Waals surface area contributed by atoms with Crippen molar-refractivity contribution in [1.29, 1.82) is 0 Å². The van der Waals surface area contributed by atoms with Gasteiger partial charge in [0.25, 0.3) is 11.8 Å². The predicted molar refractivity (Wildman–Crippen MR) is 129 cm³/mol. The molecule has 2 N–H and O–H groups in total. The van der Waals surface area contributed by atoms with Crippen LogP contribution in [0, 0.1) is 0 Å². The number of nitrogens with zero attached hydrogens (tertiary/aromatic N) is 3. The average molecular weight is 432 g/mol. The van der Waals surface area contributed by atoms with Gasteiger partial charge in [-0.25, -0.2) is 4.99 Å². The minimum Gasteiger partial charge on any atom is -0.337 e. The number of hydrogen-bond acceptors (Lipinski definition) is 5. The zero-order chi connectivity index (χ0) is 22.9. The number of nitrogens with one attached hydrogen (secondary N) is 2. The number of carbonyl (C=O) groups is 2. The van der Waals surface area contributed by atoms with E-state index in [-0.39, 0.29) is 17.5 Å². The van der Waals surface area contributed by atoms with Crippen LogP contribution in [0.15, 0.2) is 76.0 Å². The SMILES string of the molecule is C=N/C(C)=C(\N=C(/C)c1ccc(C(=O)N2CCCNCC2)cc1)C(=O)Nc1ccccc1. The van der Waals surface area contributed by atoms with Crippen LogP contribution in [0.2, 0.25) is 0 Å². The van der Waals surface area contributed by atoms with E-state index in [1.165, 1.54) is 0 Å². The van der Waals surface area contributed by atoms with E-state index < -0.39 is 0 Å². The lowest BCUT2D eigenvalue weighted by molar-refractivity contribution is -0.112. The van der Waals surface area contributed by atoms with Gasteiger partial charge in [-0.1, -0.05) is 30.3 Å². The van der Waals surface area contributed by atoms with Crippen LogP contribution in [0.5, 0.6) is 0 Å². The second-order valence-corrected chi connectivity index (χ2v) is 7.58. The molecule has 2 aromatic carbocycles. The quantitative estimate of drug-likeness (QED) is 0.542. The van der Waals surface area contributed by atoms with Crippen LogP contribution in [0.3, 0.4) is 0 Å². The number of hydrogen-bond donors (Lipinski definition) is 2. The van der Waals surface area contributed by atoms with Gasteiger partial charge in [0.15, 0.2) is 0 Å².